The molecule has 0 aliphatic carbocycles. The molecule has 0 heterocycles. The van der Waals surface area contributed by atoms with E-state index in [0.29, 0.717) is 19.5 Å². The highest BCUT2D eigenvalue weighted by atomic mass is 32.2. The van der Waals surface area contributed by atoms with Crippen molar-refractivity contribution >= 4 is 9.84 Å². The van der Waals surface area contributed by atoms with Gasteiger partial charge in [-0.15, -0.1) is 0 Å². The Morgan fingerprint density at radius 2 is 1.93 bits per heavy atom. The van der Waals surface area contributed by atoms with Crippen LogP contribution in [0.3, 0.4) is 0 Å². The molecule has 0 aliphatic rings. The highest BCUT2D eigenvalue weighted by Gasteiger charge is 2.20. The molecule has 5 heteroatoms. The quantitative estimate of drug-likeness (QED) is 0.695. The third kappa shape index (κ3) is 7.29. The van der Waals surface area contributed by atoms with Gasteiger partial charge in [-0.1, -0.05) is 6.92 Å². The molecule has 0 aliphatic heterocycles. The lowest BCUT2D eigenvalue weighted by Crippen LogP contribution is -2.40. The summed E-state index contributed by atoms with van der Waals surface area (Å²) in [5.74, 6) is 0.142. The number of hydrogen-bond acceptors (Lipinski definition) is 4. The predicted molar refractivity (Wildman–Crippen MR) is 58.1 cm³/mol. The van der Waals surface area contributed by atoms with Gasteiger partial charge in [0.2, 0.25) is 0 Å². The number of nitrogens with zero attached hydrogens (tertiary/aromatic N) is 1. The fourth-order valence-corrected chi connectivity index (χ4v) is 1.74. The van der Waals surface area contributed by atoms with Crippen LogP contribution in [0.2, 0.25) is 0 Å². The molecule has 14 heavy (non-hydrogen) atoms. The summed E-state index contributed by atoms with van der Waals surface area (Å²) in [5.41, 5.74) is -0.730. The first-order chi connectivity index (χ1) is 6.16. The van der Waals surface area contributed by atoms with Crippen LogP contribution in [0.5, 0.6) is 0 Å². The maximum absolute atomic E-state index is 10.9. The molecule has 0 bridgehead atoms. The van der Waals surface area contributed by atoms with Gasteiger partial charge in [-0.2, -0.15) is 0 Å². The molecule has 0 saturated carbocycles. The van der Waals surface area contributed by atoms with Gasteiger partial charge >= 0.3 is 0 Å². The van der Waals surface area contributed by atoms with Crippen molar-refractivity contribution < 1.29 is 13.5 Å². The molecule has 0 fully saturated rings. The normalized spacial score (nSPS) is 17.0. The number of likely N-dealkylation sites (N-methyl/N-ethyl adjacent to an activating group) is 1. The minimum absolute atomic E-state index is 0.142. The average Bonchev–Trinajstić information content (AvgIpc) is 1.99. The zero-order chi connectivity index (χ0) is 11.4. The first kappa shape index (κ1) is 13.9. The Labute approximate surface area is 86.8 Å². The van der Waals surface area contributed by atoms with Crippen molar-refractivity contribution in [2.75, 3.05) is 32.1 Å². The Bertz CT molecular complexity index is 259. The summed E-state index contributed by atoms with van der Waals surface area (Å²) in [6.07, 6.45) is 1.88. The predicted octanol–water partition coefficient (Wildman–Crippen LogP) is 0.124. The molecule has 0 aromatic carbocycles. The molecule has 1 atom stereocenters. The smallest absolute Gasteiger partial charge is 0.148 e. The minimum atomic E-state index is -2.90. The van der Waals surface area contributed by atoms with Gasteiger partial charge < -0.3 is 10.0 Å². The van der Waals surface area contributed by atoms with Gasteiger partial charge in [-0.3, -0.25) is 0 Å². The van der Waals surface area contributed by atoms with Crippen molar-refractivity contribution in [3.8, 4) is 0 Å². The van der Waals surface area contributed by atoms with Crippen molar-refractivity contribution in [2.45, 2.75) is 25.9 Å². The van der Waals surface area contributed by atoms with E-state index >= 15 is 0 Å². The Hall–Kier alpha value is -0.130. The Balaban J connectivity index is 3.94. The number of rotatable bonds is 6. The van der Waals surface area contributed by atoms with Crippen molar-refractivity contribution in [3.63, 3.8) is 0 Å². The Morgan fingerprint density at radius 1 is 1.43 bits per heavy atom. The van der Waals surface area contributed by atoms with Crippen LogP contribution in [0.25, 0.3) is 0 Å². The largest absolute Gasteiger partial charge is 0.389 e. The van der Waals surface area contributed by atoms with E-state index in [1.807, 2.05) is 18.9 Å². The van der Waals surface area contributed by atoms with Crippen molar-refractivity contribution in [1.82, 2.24) is 4.90 Å². The van der Waals surface area contributed by atoms with Crippen LogP contribution in [-0.4, -0.2) is 56.2 Å². The van der Waals surface area contributed by atoms with Crippen LogP contribution in [0.15, 0.2) is 0 Å². The second kappa shape index (κ2) is 5.09. The molecular formula is C9H21NO3S. The van der Waals surface area contributed by atoms with Crippen molar-refractivity contribution in [3.05, 3.63) is 0 Å². The zero-order valence-electron chi connectivity index (χ0n) is 9.45. The summed E-state index contributed by atoms with van der Waals surface area (Å²) in [4.78, 5) is 1.84. The van der Waals surface area contributed by atoms with Crippen LogP contribution in [0.4, 0.5) is 0 Å². The zero-order valence-corrected chi connectivity index (χ0v) is 10.3. The summed E-state index contributed by atoms with van der Waals surface area (Å²) in [6.45, 7) is 4.63. The van der Waals surface area contributed by atoms with E-state index in [-0.39, 0.29) is 5.75 Å². The van der Waals surface area contributed by atoms with Gasteiger partial charge in [-0.25, -0.2) is 8.42 Å². The van der Waals surface area contributed by atoms with E-state index in [9.17, 15) is 13.5 Å². The molecule has 0 saturated heterocycles. The summed E-state index contributed by atoms with van der Waals surface area (Å²) in [6, 6.07) is 0. The molecular weight excluding hydrogens is 202 g/mol. The van der Waals surface area contributed by atoms with Gasteiger partial charge in [0.05, 0.1) is 11.4 Å². The molecule has 1 N–H and O–H groups in total. The minimum Gasteiger partial charge on any atom is -0.389 e. The molecule has 0 radical (unpaired) electrons. The monoisotopic (exact) mass is 223 g/mol. The maximum Gasteiger partial charge on any atom is 0.148 e. The van der Waals surface area contributed by atoms with Crippen molar-refractivity contribution in [2.24, 2.45) is 0 Å². The number of aliphatic hydroxyl groups is 1. The average molecular weight is 223 g/mol. The fraction of sp³-hybridized carbons (Fsp3) is 1.00. The standard InChI is InChI=1S/C9H21NO3S/c1-5-9(2,11)8-10(3)6-7-14(4,12)13/h11H,5-8H2,1-4H3. The second-order valence-corrected chi connectivity index (χ2v) is 6.48. The maximum atomic E-state index is 10.9. The van der Waals surface area contributed by atoms with Crippen LogP contribution in [0, 0.1) is 0 Å². The van der Waals surface area contributed by atoms with E-state index in [0.717, 1.165) is 0 Å². The molecule has 1 unspecified atom stereocenters. The van der Waals surface area contributed by atoms with Gasteiger partial charge in [0.1, 0.15) is 9.84 Å². The first-order valence-corrected chi connectivity index (χ1v) is 6.81. The van der Waals surface area contributed by atoms with E-state index in [1.165, 1.54) is 6.26 Å². The topological polar surface area (TPSA) is 57.6 Å². The number of hydrogen-bond donors (Lipinski definition) is 1. The van der Waals surface area contributed by atoms with E-state index in [1.54, 1.807) is 6.92 Å². The Morgan fingerprint density at radius 3 is 2.29 bits per heavy atom. The number of sulfone groups is 1. The van der Waals surface area contributed by atoms with Crippen LogP contribution in [0.1, 0.15) is 20.3 Å². The van der Waals surface area contributed by atoms with Gasteiger partial charge in [-0.05, 0) is 20.4 Å². The molecule has 86 valence electrons. The molecule has 0 aromatic heterocycles. The lowest BCUT2D eigenvalue weighted by Gasteiger charge is -2.27. The lowest BCUT2D eigenvalue weighted by atomic mass is 10.0. The van der Waals surface area contributed by atoms with E-state index in [2.05, 4.69) is 0 Å². The van der Waals surface area contributed by atoms with E-state index in [4.69, 9.17) is 0 Å². The van der Waals surface area contributed by atoms with Crippen LogP contribution < -0.4 is 0 Å². The summed E-state index contributed by atoms with van der Waals surface area (Å²) < 4.78 is 21.8. The first-order valence-electron chi connectivity index (χ1n) is 4.75. The van der Waals surface area contributed by atoms with Crippen LogP contribution in [-0.2, 0) is 9.84 Å². The Kier molecular flexibility index (Phi) is 5.05. The molecule has 0 spiro atoms. The fourth-order valence-electron chi connectivity index (χ4n) is 1.09. The summed E-state index contributed by atoms with van der Waals surface area (Å²) in [5, 5.41) is 9.73. The van der Waals surface area contributed by atoms with Crippen LogP contribution >= 0.6 is 0 Å². The highest BCUT2D eigenvalue weighted by Crippen LogP contribution is 2.09. The van der Waals surface area contributed by atoms with E-state index < -0.39 is 15.4 Å². The highest BCUT2D eigenvalue weighted by molar-refractivity contribution is 7.90. The van der Waals surface area contributed by atoms with Gasteiger partial charge in [0.25, 0.3) is 0 Å². The molecule has 0 amide bonds. The second-order valence-electron chi connectivity index (χ2n) is 4.22. The lowest BCUT2D eigenvalue weighted by molar-refractivity contribution is 0.0252. The third-order valence-corrected chi connectivity index (χ3v) is 3.14. The van der Waals surface area contributed by atoms with Crippen molar-refractivity contribution in [1.29, 1.82) is 0 Å². The van der Waals surface area contributed by atoms with Gasteiger partial charge in [0.15, 0.2) is 0 Å². The van der Waals surface area contributed by atoms with Gasteiger partial charge in [0, 0.05) is 19.3 Å². The summed E-state index contributed by atoms with van der Waals surface area (Å²) >= 11 is 0. The summed E-state index contributed by atoms with van der Waals surface area (Å²) in [7, 11) is -1.09. The molecule has 0 aromatic rings. The SMILES string of the molecule is CCC(C)(O)CN(C)CCS(C)(=O)=O. The molecule has 0 rings (SSSR count). The third-order valence-electron chi connectivity index (χ3n) is 2.22. The molecule has 4 nitrogen and oxygen atoms in total.